The highest BCUT2D eigenvalue weighted by Gasteiger charge is 2.56. The first-order valence-corrected chi connectivity index (χ1v) is 12.7. The van der Waals surface area contributed by atoms with Crippen LogP contribution in [0.3, 0.4) is 0 Å². The summed E-state index contributed by atoms with van der Waals surface area (Å²) in [6.45, 7) is 3.97. The highest BCUT2D eigenvalue weighted by Crippen LogP contribution is 2.62. The Balaban J connectivity index is 1.35. The van der Waals surface area contributed by atoms with Crippen molar-refractivity contribution in [2.24, 2.45) is 17.3 Å². The summed E-state index contributed by atoms with van der Waals surface area (Å²) in [5, 5.41) is 11.6. The van der Waals surface area contributed by atoms with Crippen LogP contribution in [0.5, 0.6) is 11.5 Å². The standard InChI is InChI=1S/C31H36O4/c1-30-18-17-25-24-13-11-23(35-4)19-21(24)8-12-26(25)27(30)14-15-28(30)31(2,33)29(32)16-7-20-5-9-22(34-3)10-6-20/h5-7,9-11,13,15-16,19,25-27,33H,8,12,14,17-18H2,1-4H3/b16-7+/t25-,26-,27+,30+,31-/m1/s1. The van der Waals surface area contributed by atoms with Crippen molar-refractivity contribution in [2.75, 3.05) is 14.2 Å². The molecule has 4 heteroatoms. The van der Waals surface area contributed by atoms with Gasteiger partial charge >= 0.3 is 0 Å². The predicted molar refractivity (Wildman–Crippen MR) is 139 cm³/mol. The first kappa shape index (κ1) is 23.9. The smallest absolute Gasteiger partial charge is 0.191 e. The fourth-order valence-corrected chi connectivity index (χ4v) is 7.19. The van der Waals surface area contributed by atoms with Gasteiger partial charge in [-0.25, -0.2) is 0 Å². The van der Waals surface area contributed by atoms with E-state index in [1.54, 1.807) is 27.2 Å². The predicted octanol–water partition coefficient (Wildman–Crippen LogP) is 6.13. The van der Waals surface area contributed by atoms with Crippen molar-refractivity contribution >= 4 is 11.9 Å². The van der Waals surface area contributed by atoms with E-state index in [1.165, 1.54) is 17.2 Å². The molecule has 5 rings (SSSR count). The maximum Gasteiger partial charge on any atom is 0.191 e. The average Bonchev–Trinajstić information content (AvgIpc) is 3.25. The Kier molecular flexibility index (Phi) is 6.13. The van der Waals surface area contributed by atoms with Crippen LogP contribution in [0.15, 0.2) is 60.2 Å². The molecule has 0 amide bonds. The lowest BCUT2D eigenvalue weighted by atomic mass is 9.53. The van der Waals surface area contributed by atoms with Gasteiger partial charge in [0.15, 0.2) is 5.78 Å². The second-order valence-corrected chi connectivity index (χ2v) is 10.8. The molecule has 3 aliphatic carbocycles. The van der Waals surface area contributed by atoms with E-state index >= 15 is 0 Å². The van der Waals surface area contributed by atoms with Gasteiger partial charge in [0.05, 0.1) is 14.2 Å². The van der Waals surface area contributed by atoms with Crippen LogP contribution in [0.2, 0.25) is 0 Å². The number of ketones is 1. The summed E-state index contributed by atoms with van der Waals surface area (Å²) in [6.07, 6.45) is 10.7. The van der Waals surface area contributed by atoms with Crippen LogP contribution >= 0.6 is 0 Å². The fourth-order valence-electron chi connectivity index (χ4n) is 7.19. The number of benzene rings is 2. The molecule has 2 aromatic rings. The third-order valence-electron chi connectivity index (χ3n) is 9.06. The highest BCUT2D eigenvalue weighted by molar-refractivity contribution is 6.02. The molecule has 0 radical (unpaired) electrons. The minimum Gasteiger partial charge on any atom is -0.497 e. The maximum absolute atomic E-state index is 13.3. The zero-order chi connectivity index (χ0) is 24.8. The number of allylic oxidation sites excluding steroid dienone is 1. The summed E-state index contributed by atoms with van der Waals surface area (Å²) in [4.78, 5) is 13.3. The van der Waals surface area contributed by atoms with Crippen molar-refractivity contribution in [3.8, 4) is 11.5 Å². The number of carbonyl (C=O) groups excluding carboxylic acids is 1. The lowest BCUT2D eigenvalue weighted by molar-refractivity contribution is -0.129. The molecule has 1 saturated carbocycles. The van der Waals surface area contributed by atoms with Gasteiger partial charge in [0.25, 0.3) is 0 Å². The SMILES string of the molecule is COc1ccc(/C=C/C(=O)[C@](C)(O)C2=CC[C@H]3[C@@H]4CCc5cc(OC)ccc5[C@H]4CC[C@]23C)cc1. The summed E-state index contributed by atoms with van der Waals surface area (Å²) in [5.41, 5.74) is 3.06. The molecule has 3 aliphatic rings. The maximum atomic E-state index is 13.3. The minimum atomic E-state index is -1.50. The van der Waals surface area contributed by atoms with E-state index in [1.807, 2.05) is 24.3 Å². The number of hydrogen-bond acceptors (Lipinski definition) is 4. The number of aryl methyl sites for hydroxylation is 1. The van der Waals surface area contributed by atoms with Crippen LogP contribution in [0.4, 0.5) is 0 Å². The summed E-state index contributed by atoms with van der Waals surface area (Å²) in [7, 11) is 3.36. The Morgan fingerprint density at radius 1 is 1.09 bits per heavy atom. The van der Waals surface area contributed by atoms with Gasteiger partial charge < -0.3 is 14.6 Å². The van der Waals surface area contributed by atoms with Gasteiger partial charge in [0, 0.05) is 0 Å². The van der Waals surface area contributed by atoms with E-state index in [4.69, 9.17) is 9.47 Å². The van der Waals surface area contributed by atoms with Gasteiger partial charge in [-0.1, -0.05) is 37.3 Å². The number of ether oxygens (including phenoxy) is 2. The molecular weight excluding hydrogens is 436 g/mol. The molecule has 0 unspecified atom stereocenters. The molecule has 35 heavy (non-hydrogen) atoms. The molecule has 0 aliphatic heterocycles. The Morgan fingerprint density at radius 3 is 2.51 bits per heavy atom. The van der Waals surface area contributed by atoms with Crippen LogP contribution in [-0.4, -0.2) is 30.7 Å². The summed E-state index contributed by atoms with van der Waals surface area (Å²) < 4.78 is 10.7. The summed E-state index contributed by atoms with van der Waals surface area (Å²) in [5.74, 6) is 3.02. The van der Waals surface area contributed by atoms with Gasteiger partial charge in [-0.05, 0) is 115 Å². The third-order valence-corrected chi connectivity index (χ3v) is 9.06. The molecular formula is C31H36O4. The molecule has 0 saturated heterocycles. The second-order valence-electron chi connectivity index (χ2n) is 10.8. The normalized spacial score (nSPS) is 28.9. The summed E-state index contributed by atoms with van der Waals surface area (Å²) >= 11 is 0. The Morgan fingerprint density at radius 2 is 1.80 bits per heavy atom. The largest absolute Gasteiger partial charge is 0.497 e. The van der Waals surface area contributed by atoms with E-state index in [2.05, 4.69) is 31.2 Å². The molecule has 2 aromatic carbocycles. The van der Waals surface area contributed by atoms with Crippen molar-refractivity contribution in [1.29, 1.82) is 0 Å². The van der Waals surface area contributed by atoms with Gasteiger partial charge in [-0.2, -0.15) is 0 Å². The van der Waals surface area contributed by atoms with Crippen LogP contribution in [0.1, 0.15) is 62.1 Å². The van der Waals surface area contributed by atoms with Gasteiger partial charge in [-0.15, -0.1) is 0 Å². The molecule has 0 spiro atoms. The number of methoxy groups -OCH3 is 2. The Hall–Kier alpha value is -2.85. The zero-order valence-corrected chi connectivity index (χ0v) is 21.2. The number of fused-ring (bicyclic) bond motifs is 5. The van der Waals surface area contributed by atoms with Crippen LogP contribution in [0.25, 0.3) is 6.08 Å². The van der Waals surface area contributed by atoms with Crippen molar-refractivity contribution < 1.29 is 19.4 Å². The average molecular weight is 473 g/mol. The summed E-state index contributed by atoms with van der Waals surface area (Å²) in [6, 6.07) is 14.1. The molecule has 0 bridgehead atoms. The lowest BCUT2D eigenvalue weighted by Crippen LogP contribution is -2.47. The van der Waals surface area contributed by atoms with E-state index in [0.717, 1.165) is 54.7 Å². The Labute approximate surface area is 208 Å². The number of aliphatic hydroxyl groups is 1. The molecule has 4 nitrogen and oxygen atoms in total. The zero-order valence-electron chi connectivity index (χ0n) is 21.2. The monoisotopic (exact) mass is 472 g/mol. The van der Waals surface area contributed by atoms with Crippen LogP contribution < -0.4 is 9.47 Å². The fraction of sp³-hybridized carbons (Fsp3) is 0.452. The number of carbonyl (C=O) groups is 1. The number of hydrogen-bond donors (Lipinski definition) is 1. The van der Waals surface area contributed by atoms with E-state index < -0.39 is 5.60 Å². The van der Waals surface area contributed by atoms with Crippen molar-refractivity contribution in [1.82, 2.24) is 0 Å². The molecule has 0 heterocycles. The van der Waals surface area contributed by atoms with Gasteiger partial charge in [0.2, 0.25) is 0 Å². The number of rotatable bonds is 6. The van der Waals surface area contributed by atoms with Crippen LogP contribution in [0, 0.1) is 17.3 Å². The molecule has 1 N–H and O–H groups in total. The third kappa shape index (κ3) is 4.02. The van der Waals surface area contributed by atoms with Crippen LogP contribution in [-0.2, 0) is 11.2 Å². The minimum absolute atomic E-state index is 0.155. The molecule has 184 valence electrons. The van der Waals surface area contributed by atoms with Crippen molar-refractivity contribution in [2.45, 2.75) is 57.5 Å². The first-order valence-electron chi connectivity index (χ1n) is 12.7. The van der Waals surface area contributed by atoms with Crippen molar-refractivity contribution in [3.05, 3.63) is 76.9 Å². The topological polar surface area (TPSA) is 55.8 Å². The Bertz CT molecular complexity index is 1170. The van der Waals surface area contributed by atoms with E-state index in [0.29, 0.717) is 17.8 Å². The van der Waals surface area contributed by atoms with Gasteiger partial charge in [-0.3, -0.25) is 4.79 Å². The molecule has 0 aromatic heterocycles. The molecule has 5 atom stereocenters. The quantitative estimate of drug-likeness (QED) is 0.406. The first-order chi connectivity index (χ1) is 16.8. The van der Waals surface area contributed by atoms with E-state index in [9.17, 15) is 9.90 Å². The highest BCUT2D eigenvalue weighted by atomic mass is 16.5. The van der Waals surface area contributed by atoms with Crippen molar-refractivity contribution in [3.63, 3.8) is 0 Å². The second kappa shape index (κ2) is 8.98. The molecule has 1 fully saturated rings. The lowest BCUT2D eigenvalue weighted by Gasteiger charge is -2.51. The van der Waals surface area contributed by atoms with Gasteiger partial charge in [0.1, 0.15) is 17.1 Å². The van der Waals surface area contributed by atoms with E-state index in [-0.39, 0.29) is 11.2 Å².